The Labute approximate surface area is 152 Å². The fourth-order valence-electron chi connectivity index (χ4n) is 2.35. The SMILES string of the molecule is CCOC(=O)c1ccsc1NC(=O)C[C@H]1Sc2ccccc2NC1=O. The first kappa shape index (κ1) is 17.5. The molecule has 0 bridgehead atoms. The summed E-state index contributed by atoms with van der Waals surface area (Å²) in [6, 6.07) is 9.07. The van der Waals surface area contributed by atoms with Crippen molar-refractivity contribution in [2.24, 2.45) is 0 Å². The minimum atomic E-state index is -0.513. The molecule has 0 spiro atoms. The van der Waals surface area contributed by atoms with Gasteiger partial charge in [0.15, 0.2) is 0 Å². The zero-order valence-electron chi connectivity index (χ0n) is 13.4. The standard InChI is InChI=1S/C17H16N2O4S2/c1-2-23-17(22)10-7-8-24-16(10)19-14(20)9-13-15(21)18-11-5-3-4-6-12(11)25-13/h3-8,13H,2,9H2,1H3,(H,18,21)(H,19,20)/t13-/m1/s1. The van der Waals surface area contributed by atoms with Gasteiger partial charge in [-0.25, -0.2) is 4.79 Å². The lowest BCUT2D eigenvalue weighted by molar-refractivity contribution is -0.120. The number of hydrogen-bond acceptors (Lipinski definition) is 6. The van der Waals surface area contributed by atoms with Crippen molar-refractivity contribution in [3.8, 4) is 0 Å². The number of nitrogens with one attached hydrogen (secondary N) is 2. The fourth-order valence-corrected chi connectivity index (χ4v) is 4.25. The van der Waals surface area contributed by atoms with Crippen LogP contribution in [0.5, 0.6) is 0 Å². The Kier molecular flexibility index (Phi) is 5.40. The van der Waals surface area contributed by atoms with Crippen molar-refractivity contribution >= 4 is 51.6 Å². The first-order chi connectivity index (χ1) is 12.1. The number of hydrogen-bond donors (Lipinski definition) is 2. The average Bonchev–Trinajstić information content (AvgIpc) is 3.04. The number of esters is 1. The van der Waals surface area contributed by atoms with Crippen LogP contribution in [0.15, 0.2) is 40.6 Å². The van der Waals surface area contributed by atoms with E-state index in [9.17, 15) is 14.4 Å². The molecule has 2 amide bonds. The van der Waals surface area contributed by atoms with Crippen LogP contribution in [0.4, 0.5) is 10.7 Å². The third-order valence-electron chi connectivity index (χ3n) is 3.49. The van der Waals surface area contributed by atoms with Crippen LogP contribution >= 0.6 is 23.1 Å². The molecule has 1 aliphatic rings. The lowest BCUT2D eigenvalue weighted by Gasteiger charge is -2.23. The number of carbonyl (C=O) groups excluding carboxylic acids is 3. The van der Waals surface area contributed by atoms with Crippen LogP contribution < -0.4 is 10.6 Å². The van der Waals surface area contributed by atoms with Crippen LogP contribution in [-0.2, 0) is 14.3 Å². The van der Waals surface area contributed by atoms with Crippen molar-refractivity contribution in [1.82, 2.24) is 0 Å². The second kappa shape index (κ2) is 7.71. The van der Waals surface area contributed by atoms with Gasteiger partial charge in [0.25, 0.3) is 0 Å². The third kappa shape index (κ3) is 4.02. The van der Waals surface area contributed by atoms with E-state index in [0.29, 0.717) is 10.6 Å². The maximum Gasteiger partial charge on any atom is 0.341 e. The van der Waals surface area contributed by atoms with E-state index >= 15 is 0 Å². The lowest BCUT2D eigenvalue weighted by atomic mass is 10.2. The summed E-state index contributed by atoms with van der Waals surface area (Å²) in [6.45, 7) is 1.99. The van der Waals surface area contributed by atoms with Crippen LogP contribution in [-0.4, -0.2) is 29.6 Å². The van der Waals surface area contributed by atoms with Crippen LogP contribution in [0.2, 0.25) is 0 Å². The van der Waals surface area contributed by atoms with Crippen LogP contribution in [0.25, 0.3) is 0 Å². The summed E-state index contributed by atoms with van der Waals surface area (Å²) in [5.41, 5.74) is 1.09. The molecule has 0 fully saturated rings. The van der Waals surface area contributed by atoms with E-state index in [2.05, 4.69) is 10.6 Å². The van der Waals surface area contributed by atoms with E-state index in [0.717, 1.165) is 10.6 Å². The highest BCUT2D eigenvalue weighted by Crippen LogP contribution is 2.36. The lowest BCUT2D eigenvalue weighted by Crippen LogP contribution is -2.32. The largest absolute Gasteiger partial charge is 0.462 e. The van der Waals surface area contributed by atoms with Gasteiger partial charge in [-0.2, -0.15) is 0 Å². The van der Waals surface area contributed by atoms with Crippen LogP contribution in [0.1, 0.15) is 23.7 Å². The number of amides is 2. The van der Waals surface area contributed by atoms with E-state index in [1.54, 1.807) is 18.4 Å². The number of fused-ring (bicyclic) bond motifs is 1. The monoisotopic (exact) mass is 376 g/mol. The second-order valence-corrected chi connectivity index (χ2v) is 7.39. The molecule has 1 atom stereocenters. The molecule has 130 valence electrons. The zero-order valence-corrected chi connectivity index (χ0v) is 15.0. The summed E-state index contributed by atoms with van der Waals surface area (Å²) in [5, 5.41) is 7.15. The summed E-state index contributed by atoms with van der Waals surface area (Å²) >= 11 is 2.61. The summed E-state index contributed by atoms with van der Waals surface area (Å²) in [7, 11) is 0. The predicted molar refractivity (Wildman–Crippen MR) is 98.2 cm³/mol. The molecule has 0 radical (unpaired) electrons. The van der Waals surface area contributed by atoms with Crippen molar-refractivity contribution in [3.63, 3.8) is 0 Å². The first-order valence-electron chi connectivity index (χ1n) is 7.69. The molecule has 2 aromatic rings. The highest BCUT2D eigenvalue weighted by molar-refractivity contribution is 8.01. The van der Waals surface area contributed by atoms with E-state index < -0.39 is 11.2 Å². The van der Waals surface area contributed by atoms with Gasteiger partial charge in [-0.15, -0.1) is 23.1 Å². The Bertz CT molecular complexity index is 818. The topological polar surface area (TPSA) is 84.5 Å². The summed E-state index contributed by atoms with van der Waals surface area (Å²) in [4.78, 5) is 37.3. The smallest absolute Gasteiger partial charge is 0.341 e. The summed E-state index contributed by atoms with van der Waals surface area (Å²) < 4.78 is 4.96. The summed E-state index contributed by atoms with van der Waals surface area (Å²) in [5.74, 6) is -0.992. The van der Waals surface area contributed by atoms with Gasteiger partial charge in [0.1, 0.15) is 5.00 Å². The molecule has 0 unspecified atom stereocenters. The number of thioether (sulfide) groups is 1. The molecular formula is C17H16N2O4S2. The minimum Gasteiger partial charge on any atom is -0.462 e. The Morgan fingerprint density at radius 2 is 2.08 bits per heavy atom. The van der Waals surface area contributed by atoms with Crippen molar-refractivity contribution in [2.45, 2.75) is 23.5 Å². The predicted octanol–water partition coefficient (Wildman–Crippen LogP) is 3.37. The molecule has 0 aliphatic carbocycles. The van der Waals surface area contributed by atoms with Crippen molar-refractivity contribution < 1.29 is 19.1 Å². The number of anilines is 2. The highest BCUT2D eigenvalue weighted by Gasteiger charge is 2.29. The van der Waals surface area contributed by atoms with Crippen molar-refractivity contribution in [1.29, 1.82) is 0 Å². The van der Waals surface area contributed by atoms with Crippen molar-refractivity contribution in [3.05, 3.63) is 41.3 Å². The normalized spacial score (nSPS) is 15.9. The first-order valence-corrected chi connectivity index (χ1v) is 9.45. The Morgan fingerprint density at radius 1 is 1.28 bits per heavy atom. The number of benzene rings is 1. The van der Waals surface area contributed by atoms with E-state index in [4.69, 9.17) is 4.74 Å². The van der Waals surface area contributed by atoms with Gasteiger partial charge in [0.2, 0.25) is 11.8 Å². The molecule has 2 heterocycles. The molecule has 2 N–H and O–H groups in total. The van der Waals surface area contributed by atoms with Crippen LogP contribution in [0, 0.1) is 0 Å². The molecule has 6 nitrogen and oxygen atoms in total. The van der Waals surface area contributed by atoms with Crippen molar-refractivity contribution in [2.75, 3.05) is 17.2 Å². The molecule has 25 heavy (non-hydrogen) atoms. The maximum atomic E-state index is 12.3. The highest BCUT2D eigenvalue weighted by atomic mass is 32.2. The Hall–Kier alpha value is -2.32. The molecule has 0 saturated carbocycles. The Morgan fingerprint density at radius 3 is 2.88 bits per heavy atom. The van der Waals surface area contributed by atoms with Gasteiger partial charge in [-0.05, 0) is 30.5 Å². The molecule has 0 saturated heterocycles. The van der Waals surface area contributed by atoms with Crippen LogP contribution in [0.3, 0.4) is 0 Å². The zero-order chi connectivity index (χ0) is 17.8. The third-order valence-corrected chi connectivity index (χ3v) is 5.60. The molecule has 1 aromatic carbocycles. The fraction of sp³-hybridized carbons (Fsp3) is 0.235. The number of thiophene rings is 1. The van der Waals surface area contributed by atoms with Gasteiger partial charge in [0.05, 0.1) is 23.1 Å². The number of carbonyl (C=O) groups is 3. The van der Waals surface area contributed by atoms with Gasteiger partial charge < -0.3 is 15.4 Å². The van der Waals surface area contributed by atoms with E-state index in [-0.39, 0.29) is 24.8 Å². The number of ether oxygens (including phenoxy) is 1. The van der Waals surface area contributed by atoms with Gasteiger partial charge in [-0.1, -0.05) is 12.1 Å². The van der Waals surface area contributed by atoms with Gasteiger partial charge in [-0.3, -0.25) is 9.59 Å². The number of para-hydroxylation sites is 1. The molecule has 1 aliphatic heterocycles. The van der Waals surface area contributed by atoms with Gasteiger partial charge in [0, 0.05) is 11.3 Å². The van der Waals surface area contributed by atoms with Gasteiger partial charge >= 0.3 is 5.97 Å². The maximum absolute atomic E-state index is 12.3. The van der Waals surface area contributed by atoms with E-state index in [1.807, 2.05) is 24.3 Å². The molecule has 3 rings (SSSR count). The summed E-state index contributed by atoms with van der Waals surface area (Å²) in [6.07, 6.45) is 0.0188. The molecular weight excluding hydrogens is 360 g/mol. The second-order valence-electron chi connectivity index (χ2n) is 5.23. The van der Waals surface area contributed by atoms with E-state index in [1.165, 1.54) is 23.1 Å². The number of rotatable bonds is 5. The molecule has 1 aromatic heterocycles. The molecule has 8 heteroatoms. The quantitative estimate of drug-likeness (QED) is 0.782. The average molecular weight is 376 g/mol. The minimum absolute atomic E-state index is 0.0188. The Balaban J connectivity index is 1.65.